The zero-order chi connectivity index (χ0) is 18.1. The molecule has 1 aliphatic heterocycles. The van der Waals surface area contributed by atoms with E-state index in [0.717, 1.165) is 25.0 Å². The van der Waals surface area contributed by atoms with Gasteiger partial charge in [-0.3, -0.25) is 0 Å². The zero-order valence-electron chi connectivity index (χ0n) is 14.6. The van der Waals surface area contributed by atoms with Gasteiger partial charge in [0.25, 0.3) is 0 Å². The Balaban J connectivity index is 1.51. The number of carbonyl (C=O) groups is 1. The number of piperidine rings is 1. The van der Waals surface area contributed by atoms with Crippen molar-refractivity contribution in [3.8, 4) is 0 Å². The molecule has 0 saturated carbocycles. The lowest BCUT2D eigenvalue weighted by molar-refractivity contribution is 0.231. The number of hydrogen-bond donors (Lipinski definition) is 2. The minimum Gasteiger partial charge on any atom is -0.338 e. The van der Waals surface area contributed by atoms with Crippen LogP contribution in [-0.4, -0.2) is 56.9 Å². The number of benzene rings is 1. The van der Waals surface area contributed by atoms with E-state index >= 15 is 0 Å². The number of nitrogens with one attached hydrogen (secondary N) is 2. The molecule has 1 fully saturated rings. The van der Waals surface area contributed by atoms with Gasteiger partial charge in [-0.1, -0.05) is 18.2 Å². The molecule has 140 valence electrons. The average Bonchev–Trinajstić information content (AvgIpc) is 2.60. The molecule has 1 saturated heterocycles. The number of thioether (sulfide) groups is 1. The Morgan fingerprint density at radius 3 is 2.52 bits per heavy atom. The Hall–Kier alpha value is -1.25. The Morgan fingerprint density at radius 1 is 1.20 bits per heavy atom. The summed E-state index contributed by atoms with van der Waals surface area (Å²) in [5.74, 6) is 1.31. The molecular formula is C17H27N3O3S2. The van der Waals surface area contributed by atoms with E-state index in [4.69, 9.17) is 0 Å². The Morgan fingerprint density at radius 2 is 1.88 bits per heavy atom. The summed E-state index contributed by atoms with van der Waals surface area (Å²) in [6, 6.07) is 10.1. The lowest BCUT2D eigenvalue weighted by atomic mass is 9.98. The van der Waals surface area contributed by atoms with Gasteiger partial charge in [0, 0.05) is 31.1 Å². The highest BCUT2D eigenvalue weighted by atomic mass is 32.2. The third-order valence-corrected chi connectivity index (χ3v) is 6.61. The molecule has 1 heterocycles. The second kappa shape index (κ2) is 10.0. The topological polar surface area (TPSA) is 78.5 Å². The highest BCUT2D eigenvalue weighted by molar-refractivity contribution is 7.99. The first-order chi connectivity index (χ1) is 11.9. The minimum atomic E-state index is -3.09. The predicted octanol–water partition coefficient (Wildman–Crippen LogP) is 2.14. The smallest absolute Gasteiger partial charge is 0.314 e. The summed E-state index contributed by atoms with van der Waals surface area (Å²) in [4.78, 5) is 13.1. The molecule has 1 aromatic rings. The molecule has 1 aliphatic rings. The maximum atomic E-state index is 11.8. The van der Waals surface area contributed by atoms with Crippen LogP contribution in [0.5, 0.6) is 0 Å². The highest BCUT2D eigenvalue weighted by Gasteiger charge is 2.24. The van der Waals surface area contributed by atoms with Crippen LogP contribution in [0.3, 0.4) is 0 Å². The first-order valence-electron chi connectivity index (χ1n) is 8.60. The maximum absolute atomic E-state index is 11.8. The number of hydrogen-bond acceptors (Lipinski definition) is 4. The Bertz CT molecular complexity index is 630. The van der Waals surface area contributed by atoms with Crippen LogP contribution in [0.2, 0.25) is 0 Å². The minimum absolute atomic E-state index is 0.143. The molecule has 0 aliphatic carbocycles. The van der Waals surface area contributed by atoms with Crippen LogP contribution in [0, 0.1) is 5.92 Å². The van der Waals surface area contributed by atoms with Gasteiger partial charge in [-0.15, -0.1) is 11.8 Å². The second-order valence-electron chi connectivity index (χ2n) is 6.26. The molecule has 2 amide bonds. The third kappa shape index (κ3) is 7.66. The largest absolute Gasteiger partial charge is 0.338 e. The normalized spacial score (nSPS) is 16.5. The van der Waals surface area contributed by atoms with Crippen molar-refractivity contribution < 1.29 is 13.2 Å². The molecule has 0 unspecified atom stereocenters. The van der Waals surface area contributed by atoms with Crippen molar-refractivity contribution in [3.63, 3.8) is 0 Å². The van der Waals surface area contributed by atoms with E-state index in [9.17, 15) is 13.2 Å². The molecule has 0 atom stereocenters. The summed E-state index contributed by atoms with van der Waals surface area (Å²) in [5, 5.41) is 5.76. The van der Waals surface area contributed by atoms with Crippen LogP contribution < -0.4 is 10.6 Å². The fourth-order valence-electron chi connectivity index (χ4n) is 2.73. The van der Waals surface area contributed by atoms with Crippen LogP contribution in [0.1, 0.15) is 19.3 Å². The van der Waals surface area contributed by atoms with Gasteiger partial charge in [0.1, 0.15) is 0 Å². The molecule has 2 N–H and O–H groups in total. The number of rotatable bonds is 8. The van der Waals surface area contributed by atoms with Crippen LogP contribution in [0.25, 0.3) is 0 Å². The third-order valence-electron chi connectivity index (χ3n) is 4.21. The monoisotopic (exact) mass is 385 g/mol. The number of sulfonamides is 1. The predicted molar refractivity (Wildman–Crippen MR) is 102 cm³/mol. The molecule has 0 bridgehead atoms. The molecule has 1 aromatic carbocycles. The molecular weight excluding hydrogens is 358 g/mol. The highest BCUT2D eigenvalue weighted by Crippen LogP contribution is 2.18. The summed E-state index contributed by atoms with van der Waals surface area (Å²) in [6.07, 6.45) is 3.75. The lowest BCUT2D eigenvalue weighted by Gasteiger charge is -2.30. The maximum Gasteiger partial charge on any atom is 0.314 e. The van der Waals surface area contributed by atoms with Gasteiger partial charge in [0.15, 0.2) is 0 Å². The molecule has 0 aromatic heterocycles. The number of nitrogens with zero attached hydrogens (tertiary/aromatic N) is 1. The first kappa shape index (κ1) is 20.1. The fourth-order valence-corrected chi connectivity index (χ4v) is 4.47. The van der Waals surface area contributed by atoms with Gasteiger partial charge in [0.05, 0.1) is 6.26 Å². The molecule has 6 nitrogen and oxygen atoms in total. The van der Waals surface area contributed by atoms with Gasteiger partial charge in [0.2, 0.25) is 10.0 Å². The van der Waals surface area contributed by atoms with Crippen molar-refractivity contribution in [1.82, 2.24) is 14.9 Å². The molecule has 0 radical (unpaired) electrons. The van der Waals surface area contributed by atoms with Crippen LogP contribution in [-0.2, 0) is 10.0 Å². The molecule has 8 heteroatoms. The van der Waals surface area contributed by atoms with Gasteiger partial charge in [-0.25, -0.2) is 17.5 Å². The molecule has 2 rings (SSSR count). The quantitative estimate of drug-likeness (QED) is 0.531. The van der Waals surface area contributed by atoms with Crippen molar-refractivity contribution in [3.05, 3.63) is 30.3 Å². The van der Waals surface area contributed by atoms with Crippen molar-refractivity contribution in [2.24, 2.45) is 5.92 Å². The van der Waals surface area contributed by atoms with Crippen LogP contribution >= 0.6 is 11.8 Å². The van der Waals surface area contributed by atoms with Crippen molar-refractivity contribution in [1.29, 1.82) is 0 Å². The van der Waals surface area contributed by atoms with E-state index in [1.807, 2.05) is 18.2 Å². The molecule has 25 heavy (non-hydrogen) atoms. The van der Waals surface area contributed by atoms with E-state index in [-0.39, 0.29) is 6.03 Å². The van der Waals surface area contributed by atoms with Gasteiger partial charge in [-0.2, -0.15) is 0 Å². The summed E-state index contributed by atoms with van der Waals surface area (Å²) in [5.41, 5.74) is 0. The van der Waals surface area contributed by atoms with Crippen LogP contribution in [0.15, 0.2) is 35.2 Å². The SMILES string of the molecule is CS(=O)(=O)N1CCC(CNC(=O)NCCCSc2ccccc2)CC1. The Labute approximate surface area is 154 Å². The average molecular weight is 386 g/mol. The standard InChI is InChI=1S/C17H27N3O3S2/c1-25(22,23)20-11-8-15(9-12-20)14-19-17(21)18-10-5-13-24-16-6-3-2-4-7-16/h2-4,6-7,15H,5,8-14H2,1H3,(H2,18,19,21). The number of carbonyl (C=O) groups excluding carboxylic acids is 1. The molecule has 0 spiro atoms. The van der Waals surface area contributed by atoms with Crippen LogP contribution in [0.4, 0.5) is 4.79 Å². The second-order valence-corrected chi connectivity index (χ2v) is 9.41. The summed E-state index contributed by atoms with van der Waals surface area (Å²) < 4.78 is 24.4. The van der Waals surface area contributed by atoms with E-state index in [1.54, 1.807) is 11.8 Å². The summed E-state index contributed by atoms with van der Waals surface area (Å²) in [7, 11) is -3.09. The number of amides is 2. The summed E-state index contributed by atoms with van der Waals surface area (Å²) in [6.45, 7) is 2.34. The fraction of sp³-hybridized carbons (Fsp3) is 0.588. The summed E-state index contributed by atoms with van der Waals surface area (Å²) >= 11 is 1.78. The number of urea groups is 1. The first-order valence-corrected chi connectivity index (χ1v) is 11.4. The van der Waals surface area contributed by atoms with Crippen molar-refractivity contribution in [2.75, 3.05) is 38.2 Å². The lowest BCUT2D eigenvalue weighted by Crippen LogP contribution is -2.43. The zero-order valence-corrected chi connectivity index (χ0v) is 16.2. The van der Waals surface area contributed by atoms with Gasteiger partial charge in [-0.05, 0) is 43.1 Å². The van der Waals surface area contributed by atoms with Gasteiger partial charge >= 0.3 is 6.03 Å². The van der Waals surface area contributed by atoms with E-state index in [1.165, 1.54) is 15.5 Å². The van der Waals surface area contributed by atoms with E-state index in [2.05, 4.69) is 22.8 Å². The van der Waals surface area contributed by atoms with E-state index < -0.39 is 10.0 Å². The van der Waals surface area contributed by atoms with E-state index in [0.29, 0.717) is 32.1 Å². The van der Waals surface area contributed by atoms with Crippen molar-refractivity contribution in [2.45, 2.75) is 24.2 Å². The van der Waals surface area contributed by atoms with Gasteiger partial charge < -0.3 is 10.6 Å². The van der Waals surface area contributed by atoms with Crippen molar-refractivity contribution >= 4 is 27.8 Å². The Kier molecular flexibility index (Phi) is 8.05.